The van der Waals surface area contributed by atoms with E-state index < -0.39 is 0 Å². The van der Waals surface area contributed by atoms with Crippen LogP contribution in [0.2, 0.25) is 0 Å². The van der Waals surface area contributed by atoms with E-state index in [0.29, 0.717) is 18.4 Å². The maximum absolute atomic E-state index is 11.8. The van der Waals surface area contributed by atoms with Crippen LogP contribution >= 0.6 is 0 Å². The number of amides is 1. The Labute approximate surface area is 138 Å². The van der Waals surface area contributed by atoms with Gasteiger partial charge in [0.2, 0.25) is 5.91 Å². The molecule has 5 nitrogen and oxygen atoms in total. The van der Waals surface area contributed by atoms with Crippen molar-refractivity contribution < 1.29 is 19.1 Å². The SMILES string of the molecule is C/C=C/OC.COc1ccc(C(=O)CCCCCC(N)=O)cc1. The average molecular weight is 321 g/mol. The molecule has 0 heterocycles. The lowest BCUT2D eigenvalue weighted by Gasteiger charge is -2.03. The van der Waals surface area contributed by atoms with Crippen molar-refractivity contribution in [3.8, 4) is 5.75 Å². The molecule has 0 saturated heterocycles. The molecule has 0 unspecified atom stereocenters. The molecule has 128 valence electrons. The van der Waals surface area contributed by atoms with Crippen molar-refractivity contribution >= 4 is 11.7 Å². The molecule has 1 aromatic carbocycles. The minimum Gasteiger partial charge on any atom is -0.505 e. The molecular formula is C18H27NO4. The molecule has 0 aliphatic carbocycles. The summed E-state index contributed by atoms with van der Waals surface area (Å²) < 4.78 is 9.54. The molecule has 1 amide bonds. The zero-order valence-corrected chi connectivity index (χ0v) is 14.2. The Bertz CT molecular complexity index is 480. The molecule has 0 aliphatic rings. The number of carbonyl (C=O) groups is 2. The van der Waals surface area contributed by atoms with Crippen LogP contribution in [0.4, 0.5) is 0 Å². The Morgan fingerprint density at radius 1 is 1.04 bits per heavy atom. The molecule has 0 fully saturated rings. The molecule has 0 saturated carbocycles. The van der Waals surface area contributed by atoms with Crippen molar-refractivity contribution in [3.05, 3.63) is 42.2 Å². The van der Waals surface area contributed by atoms with E-state index in [0.717, 1.165) is 25.0 Å². The third-order valence-corrected chi connectivity index (χ3v) is 3.01. The summed E-state index contributed by atoms with van der Waals surface area (Å²) >= 11 is 0. The third kappa shape index (κ3) is 11.0. The van der Waals surface area contributed by atoms with E-state index in [1.807, 2.05) is 13.0 Å². The highest BCUT2D eigenvalue weighted by atomic mass is 16.5. The minimum atomic E-state index is -0.281. The minimum absolute atomic E-state index is 0.122. The Kier molecular flexibility index (Phi) is 12.0. The molecule has 1 rings (SSSR count). The average Bonchev–Trinajstić information content (AvgIpc) is 2.55. The number of ether oxygens (including phenoxy) is 2. The van der Waals surface area contributed by atoms with Gasteiger partial charge in [0, 0.05) is 18.4 Å². The second-order valence-electron chi connectivity index (χ2n) is 4.88. The number of benzene rings is 1. The van der Waals surface area contributed by atoms with Gasteiger partial charge >= 0.3 is 0 Å². The molecule has 0 atom stereocenters. The quantitative estimate of drug-likeness (QED) is 0.429. The number of rotatable bonds is 9. The summed E-state index contributed by atoms with van der Waals surface area (Å²) in [4.78, 5) is 22.3. The van der Waals surface area contributed by atoms with E-state index in [2.05, 4.69) is 4.74 Å². The zero-order chi connectivity index (χ0) is 17.5. The first kappa shape index (κ1) is 20.7. The summed E-state index contributed by atoms with van der Waals surface area (Å²) in [6.45, 7) is 1.91. The lowest BCUT2D eigenvalue weighted by molar-refractivity contribution is -0.118. The fraction of sp³-hybridized carbons (Fsp3) is 0.444. The van der Waals surface area contributed by atoms with E-state index in [1.54, 1.807) is 44.7 Å². The van der Waals surface area contributed by atoms with Crippen molar-refractivity contribution in [1.82, 2.24) is 0 Å². The summed E-state index contributed by atoms with van der Waals surface area (Å²) in [6.07, 6.45) is 6.76. The predicted molar refractivity (Wildman–Crippen MR) is 91.4 cm³/mol. The number of Topliss-reactive ketones (excluding diaryl/α,β-unsaturated/α-hetero) is 1. The Hall–Kier alpha value is -2.30. The standard InChI is InChI=1S/C14H19NO3.C4H8O/c1-18-12-9-7-11(8-10-12)13(16)5-3-2-4-6-14(15)17;1-3-4-5-2/h7-10H,2-6H2,1H3,(H2,15,17);3-4H,1-2H3/b;4-3+. The molecule has 5 heteroatoms. The van der Waals surface area contributed by atoms with Crippen molar-refractivity contribution in [2.24, 2.45) is 5.73 Å². The van der Waals surface area contributed by atoms with Crippen molar-refractivity contribution in [2.75, 3.05) is 14.2 Å². The number of hydrogen-bond acceptors (Lipinski definition) is 4. The summed E-state index contributed by atoms with van der Waals surface area (Å²) in [5.74, 6) is 0.584. The van der Waals surface area contributed by atoms with Crippen LogP contribution in [0.15, 0.2) is 36.6 Å². The molecule has 0 bridgehead atoms. The first-order valence-corrected chi connectivity index (χ1v) is 7.64. The summed E-state index contributed by atoms with van der Waals surface area (Å²) in [5, 5.41) is 0. The monoisotopic (exact) mass is 321 g/mol. The maximum atomic E-state index is 11.8. The van der Waals surface area contributed by atoms with E-state index in [4.69, 9.17) is 10.5 Å². The van der Waals surface area contributed by atoms with Gasteiger partial charge in [-0.2, -0.15) is 0 Å². The van der Waals surface area contributed by atoms with E-state index >= 15 is 0 Å². The van der Waals surface area contributed by atoms with Crippen LogP contribution in [0, 0.1) is 0 Å². The number of methoxy groups -OCH3 is 2. The van der Waals surface area contributed by atoms with Gasteiger partial charge in [-0.1, -0.05) is 12.5 Å². The highest BCUT2D eigenvalue weighted by molar-refractivity contribution is 5.96. The highest BCUT2D eigenvalue weighted by Gasteiger charge is 2.05. The summed E-state index contributed by atoms with van der Waals surface area (Å²) in [5.41, 5.74) is 5.73. The van der Waals surface area contributed by atoms with Gasteiger partial charge in [-0.15, -0.1) is 0 Å². The van der Waals surface area contributed by atoms with Gasteiger partial charge < -0.3 is 15.2 Å². The van der Waals surface area contributed by atoms with E-state index in [1.165, 1.54) is 0 Å². The largest absolute Gasteiger partial charge is 0.505 e. The summed E-state index contributed by atoms with van der Waals surface area (Å²) in [7, 11) is 3.22. The van der Waals surface area contributed by atoms with Crippen molar-refractivity contribution in [1.29, 1.82) is 0 Å². The van der Waals surface area contributed by atoms with E-state index in [9.17, 15) is 9.59 Å². The highest BCUT2D eigenvalue weighted by Crippen LogP contribution is 2.14. The van der Waals surface area contributed by atoms with Gasteiger partial charge in [0.1, 0.15) is 5.75 Å². The van der Waals surface area contributed by atoms with Gasteiger partial charge in [-0.25, -0.2) is 0 Å². The fourth-order valence-electron chi connectivity index (χ4n) is 1.82. The maximum Gasteiger partial charge on any atom is 0.217 e. The normalized spacial score (nSPS) is 9.87. The smallest absolute Gasteiger partial charge is 0.217 e. The van der Waals surface area contributed by atoms with Crippen molar-refractivity contribution in [2.45, 2.75) is 39.0 Å². The fourth-order valence-corrected chi connectivity index (χ4v) is 1.82. The number of nitrogens with two attached hydrogens (primary N) is 1. The number of allylic oxidation sites excluding steroid dienone is 1. The molecule has 23 heavy (non-hydrogen) atoms. The van der Waals surface area contributed by atoms with Crippen LogP contribution in [-0.4, -0.2) is 25.9 Å². The van der Waals surface area contributed by atoms with Crippen LogP contribution < -0.4 is 10.5 Å². The Morgan fingerprint density at radius 2 is 1.65 bits per heavy atom. The van der Waals surface area contributed by atoms with Crippen LogP contribution in [-0.2, 0) is 9.53 Å². The van der Waals surface area contributed by atoms with Gasteiger partial charge in [0.05, 0.1) is 20.5 Å². The second kappa shape index (κ2) is 13.4. The Morgan fingerprint density at radius 3 is 2.09 bits per heavy atom. The topological polar surface area (TPSA) is 78.6 Å². The molecule has 0 spiro atoms. The third-order valence-electron chi connectivity index (χ3n) is 3.01. The number of hydrogen-bond donors (Lipinski definition) is 1. The number of primary amides is 1. The zero-order valence-electron chi connectivity index (χ0n) is 14.2. The lowest BCUT2D eigenvalue weighted by Crippen LogP contribution is -2.09. The van der Waals surface area contributed by atoms with Gasteiger partial charge in [0.25, 0.3) is 0 Å². The van der Waals surface area contributed by atoms with Crippen LogP contribution in [0.25, 0.3) is 0 Å². The van der Waals surface area contributed by atoms with E-state index in [-0.39, 0.29) is 11.7 Å². The number of ketones is 1. The molecule has 1 aromatic rings. The molecule has 2 N–H and O–H groups in total. The predicted octanol–water partition coefficient (Wildman–Crippen LogP) is 3.48. The Balaban J connectivity index is 0.000000841. The van der Waals surface area contributed by atoms with Crippen LogP contribution in [0.5, 0.6) is 5.75 Å². The molecular weight excluding hydrogens is 294 g/mol. The first-order valence-electron chi connectivity index (χ1n) is 7.64. The molecule has 0 radical (unpaired) electrons. The number of unbranched alkanes of at least 4 members (excludes halogenated alkanes) is 2. The van der Waals surface area contributed by atoms with Crippen LogP contribution in [0.3, 0.4) is 0 Å². The first-order chi connectivity index (χ1) is 11.0. The molecule has 0 aromatic heterocycles. The van der Waals surface area contributed by atoms with Crippen molar-refractivity contribution in [3.63, 3.8) is 0 Å². The number of carbonyl (C=O) groups excluding carboxylic acids is 2. The molecule has 0 aliphatic heterocycles. The second-order valence-corrected chi connectivity index (χ2v) is 4.88. The van der Waals surface area contributed by atoms with Gasteiger partial charge in [-0.05, 0) is 44.0 Å². The summed E-state index contributed by atoms with van der Waals surface area (Å²) in [6, 6.07) is 7.09. The van der Waals surface area contributed by atoms with Gasteiger partial charge in [-0.3, -0.25) is 9.59 Å². The van der Waals surface area contributed by atoms with Crippen LogP contribution in [0.1, 0.15) is 49.4 Å². The lowest BCUT2D eigenvalue weighted by atomic mass is 10.0. The van der Waals surface area contributed by atoms with Gasteiger partial charge in [0.15, 0.2) is 5.78 Å².